The van der Waals surface area contributed by atoms with E-state index in [0.717, 1.165) is 30.3 Å². The molecule has 2 atom stereocenters. The summed E-state index contributed by atoms with van der Waals surface area (Å²) in [6, 6.07) is 15.2. The van der Waals surface area contributed by atoms with Crippen LogP contribution >= 0.6 is 12.2 Å². The Balaban J connectivity index is 1.80. The van der Waals surface area contributed by atoms with Crippen molar-refractivity contribution in [2.24, 2.45) is 0 Å². The van der Waals surface area contributed by atoms with Crippen LogP contribution in [-0.4, -0.2) is 51.6 Å². The van der Waals surface area contributed by atoms with Crippen molar-refractivity contribution < 1.29 is 0 Å². The molecule has 2 aromatic heterocycles. The third-order valence-electron chi connectivity index (χ3n) is 6.60. The highest BCUT2D eigenvalue weighted by molar-refractivity contribution is 7.80. The van der Waals surface area contributed by atoms with Crippen molar-refractivity contribution in [2.75, 3.05) is 27.2 Å². The number of aryl methyl sites for hydroxylation is 3. The number of hydrogen-bond acceptors (Lipinski definition) is 3. The van der Waals surface area contributed by atoms with E-state index >= 15 is 0 Å². The van der Waals surface area contributed by atoms with Gasteiger partial charge in [0.1, 0.15) is 0 Å². The first-order valence-corrected chi connectivity index (χ1v) is 12.1. The van der Waals surface area contributed by atoms with Gasteiger partial charge in [0.05, 0.1) is 17.8 Å². The summed E-state index contributed by atoms with van der Waals surface area (Å²) < 4.78 is 2.40. The highest BCUT2D eigenvalue weighted by atomic mass is 32.1. The summed E-state index contributed by atoms with van der Waals surface area (Å²) in [6.45, 7) is 10.7. The Hall–Kier alpha value is -2.70. The lowest BCUT2D eigenvalue weighted by atomic mass is 9.96. The van der Waals surface area contributed by atoms with Gasteiger partial charge in [-0.05, 0) is 108 Å². The Morgan fingerprint density at radius 3 is 2.55 bits per heavy atom. The van der Waals surface area contributed by atoms with Gasteiger partial charge in [-0.25, -0.2) is 0 Å². The second kappa shape index (κ2) is 9.65. The van der Waals surface area contributed by atoms with Crippen molar-refractivity contribution in [3.63, 3.8) is 0 Å². The monoisotopic (exact) mass is 461 g/mol. The summed E-state index contributed by atoms with van der Waals surface area (Å²) >= 11 is 5.85. The second-order valence-corrected chi connectivity index (χ2v) is 9.82. The van der Waals surface area contributed by atoms with Gasteiger partial charge in [0.25, 0.3) is 0 Å². The number of pyridine rings is 1. The number of nitrogens with one attached hydrogen (secondary N) is 1. The summed E-state index contributed by atoms with van der Waals surface area (Å²) in [7, 11) is 4.24. The standard InChI is InChI=1S/C27H35N5S/c1-18-11-12-19(2)24(16-18)32-20(3)17-22(21(32)4)26-25(23-10-7-8-13-28-23)29-27(33)31(26)15-9-14-30(5)6/h7-8,10-13,16-17,25-26H,9,14-15H2,1-6H3,(H,29,33)/t25-,26+/m0/s1. The van der Waals surface area contributed by atoms with Gasteiger partial charge in [0.2, 0.25) is 0 Å². The second-order valence-electron chi connectivity index (χ2n) is 9.43. The lowest BCUT2D eigenvalue weighted by Crippen LogP contribution is -2.32. The molecule has 4 rings (SSSR count). The fraction of sp³-hybridized carbons (Fsp3) is 0.407. The predicted octanol–water partition coefficient (Wildman–Crippen LogP) is 5.03. The van der Waals surface area contributed by atoms with Crippen molar-refractivity contribution in [2.45, 2.75) is 46.2 Å². The van der Waals surface area contributed by atoms with Crippen LogP contribution in [0.3, 0.4) is 0 Å². The molecular formula is C27H35N5S. The predicted molar refractivity (Wildman–Crippen MR) is 140 cm³/mol. The molecule has 0 aliphatic carbocycles. The zero-order chi connectivity index (χ0) is 23.7. The number of nitrogens with zero attached hydrogens (tertiary/aromatic N) is 4. The maximum atomic E-state index is 5.85. The molecule has 6 heteroatoms. The fourth-order valence-electron chi connectivity index (χ4n) is 4.96. The normalized spacial score (nSPS) is 18.3. The number of rotatable bonds is 7. The van der Waals surface area contributed by atoms with E-state index in [1.165, 1.54) is 33.8 Å². The highest BCUT2D eigenvalue weighted by Gasteiger charge is 2.41. The van der Waals surface area contributed by atoms with Crippen LogP contribution in [0, 0.1) is 27.7 Å². The number of hydrogen-bond donors (Lipinski definition) is 1. The minimum absolute atomic E-state index is 0.0191. The average Bonchev–Trinajstić information content (AvgIpc) is 3.25. The minimum atomic E-state index is 0.0191. The maximum absolute atomic E-state index is 5.85. The molecule has 1 fully saturated rings. The van der Waals surface area contributed by atoms with Crippen LogP contribution in [0.25, 0.3) is 5.69 Å². The third-order valence-corrected chi connectivity index (χ3v) is 6.95. The van der Waals surface area contributed by atoms with E-state index in [9.17, 15) is 0 Å². The number of aromatic nitrogens is 2. The Labute approximate surface area is 203 Å². The van der Waals surface area contributed by atoms with Crippen LogP contribution in [0.2, 0.25) is 0 Å². The Morgan fingerprint density at radius 1 is 1.06 bits per heavy atom. The summed E-state index contributed by atoms with van der Waals surface area (Å²) in [5, 5.41) is 4.41. The van der Waals surface area contributed by atoms with Gasteiger partial charge in [-0.15, -0.1) is 0 Å². The molecule has 0 radical (unpaired) electrons. The molecule has 1 aromatic carbocycles. The van der Waals surface area contributed by atoms with Crippen molar-refractivity contribution in [3.05, 3.63) is 82.4 Å². The van der Waals surface area contributed by atoms with Gasteiger partial charge in [-0.3, -0.25) is 4.98 Å². The highest BCUT2D eigenvalue weighted by Crippen LogP contribution is 2.41. The molecule has 3 aromatic rings. The molecule has 0 bridgehead atoms. The average molecular weight is 462 g/mol. The molecule has 5 nitrogen and oxygen atoms in total. The molecule has 0 spiro atoms. The SMILES string of the molecule is Cc1ccc(C)c(-n2c(C)cc([C@@H]3[C@H](c4ccccn4)NC(=S)N3CCCN(C)C)c2C)c1. The van der Waals surface area contributed by atoms with Crippen molar-refractivity contribution in [1.29, 1.82) is 0 Å². The molecule has 3 heterocycles. The van der Waals surface area contributed by atoms with Crippen LogP contribution < -0.4 is 5.32 Å². The number of benzene rings is 1. The van der Waals surface area contributed by atoms with Crippen molar-refractivity contribution in [1.82, 2.24) is 24.7 Å². The first-order valence-electron chi connectivity index (χ1n) is 11.7. The topological polar surface area (TPSA) is 36.3 Å². The smallest absolute Gasteiger partial charge is 0.170 e. The van der Waals surface area contributed by atoms with Crippen molar-refractivity contribution in [3.8, 4) is 5.69 Å². The van der Waals surface area contributed by atoms with E-state index in [-0.39, 0.29) is 12.1 Å². The zero-order valence-electron chi connectivity index (χ0n) is 20.6. The Kier molecular flexibility index (Phi) is 6.86. The summed E-state index contributed by atoms with van der Waals surface area (Å²) in [5.41, 5.74) is 8.62. The van der Waals surface area contributed by atoms with Crippen LogP contribution in [-0.2, 0) is 0 Å². The summed E-state index contributed by atoms with van der Waals surface area (Å²) in [6.07, 6.45) is 2.92. The quantitative estimate of drug-likeness (QED) is 0.500. The van der Waals surface area contributed by atoms with Gasteiger partial charge in [-0.1, -0.05) is 18.2 Å². The Bertz CT molecular complexity index is 1130. The molecule has 1 saturated heterocycles. The zero-order valence-corrected chi connectivity index (χ0v) is 21.4. The van der Waals surface area contributed by atoms with Crippen LogP contribution in [0.5, 0.6) is 0 Å². The fourth-order valence-corrected chi connectivity index (χ4v) is 5.29. The van der Waals surface area contributed by atoms with Crippen LogP contribution in [0.4, 0.5) is 0 Å². The van der Waals surface area contributed by atoms with Gasteiger partial charge in [-0.2, -0.15) is 0 Å². The van der Waals surface area contributed by atoms with E-state index in [1.54, 1.807) is 0 Å². The van der Waals surface area contributed by atoms with Gasteiger partial charge >= 0.3 is 0 Å². The molecule has 1 aliphatic rings. The van der Waals surface area contributed by atoms with E-state index in [2.05, 4.69) is 97.9 Å². The van der Waals surface area contributed by atoms with E-state index in [1.807, 2.05) is 12.3 Å². The molecule has 1 N–H and O–H groups in total. The molecule has 0 saturated carbocycles. The molecule has 1 aliphatic heterocycles. The molecule has 0 unspecified atom stereocenters. The van der Waals surface area contributed by atoms with Crippen LogP contribution in [0.15, 0.2) is 48.7 Å². The van der Waals surface area contributed by atoms with E-state index < -0.39 is 0 Å². The summed E-state index contributed by atoms with van der Waals surface area (Å²) in [5.74, 6) is 0. The molecular weight excluding hydrogens is 426 g/mol. The Morgan fingerprint density at radius 2 is 1.85 bits per heavy atom. The lowest BCUT2D eigenvalue weighted by molar-refractivity contribution is 0.292. The van der Waals surface area contributed by atoms with Gasteiger partial charge in [0, 0.05) is 29.8 Å². The third kappa shape index (κ3) is 4.68. The first-order chi connectivity index (χ1) is 15.8. The summed E-state index contributed by atoms with van der Waals surface area (Å²) in [4.78, 5) is 9.29. The van der Waals surface area contributed by atoms with Gasteiger partial charge < -0.3 is 19.7 Å². The van der Waals surface area contributed by atoms with Gasteiger partial charge in [0.15, 0.2) is 5.11 Å². The van der Waals surface area contributed by atoms with E-state index in [4.69, 9.17) is 17.2 Å². The maximum Gasteiger partial charge on any atom is 0.170 e. The van der Waals surface area contributed by atoms with Crippen molar-refractivity contribution >= 4 is 17.3 Å². The molecule has 174 valence electrons. The number of thiocarbonyl (C=S) groups is 1. The van der Waals surface area contributed by atoms with Crippen LogP contribution in [0.1, 0.15) is 52.3 Å². The molecule has 33 heavy (non-hydrogen) atoms. The minimum Gasteiger partial charge on any atom is -0.352 e. The molecule has 0 amide bonds. The first kappa shape index (κ1) is 23.5. The lowest BCUT2D eigenvalue weighted by Gasteiger charge is -2.28. The largest absolute Gasteiger partial charge is 0.352 e. The van der Waals surface area contributed by atoms with E-state index in [0.29, 0.717) is 0 Å².